The molecule has 16 valence electrons. The van der Waals surface area contributed by atoms with Crippen molar-refractivity contribution in [3.8, 4) is 0 Å². The van der Waals surface area contributed by atoms with Crippen LogP contribution in [0.5, 0.6) is 0 Å². The first-order chi connectivity index (χ1) is 0. The number of rotatable bonds is 0. The van der Waals surface area contributed by atoms with Gasteiger partial charge in [-0.2, -0.15) is 0 Å². The van der Waals surface area contributed by atoms with E-state index in [1.165, 1.54) is 0 Å². The summed E-state index contributed by atoms with van der Waals surface area (Å²) in [7, 11) is 0. The average molecular weight is 313 g/mol. The summed E-state index contributed by atoms with van der Waals surface area (Å²) >= 11 is 0. The zero-order valence-electron chi connectivity index (χ0n) is 2.39. The summed E-state index contributed by atoms with van der Waals surface area (Å²) in [4.78, 5) is 0. The summed E-state index contributed by atoms with van der Waals surface area (Å²) in [6.07, 6.45) is 0. The third kappa shape index (κ3) is 22.0. The molecule has 0 aliphatic rings. The van der Waals surface area contributed by atoms with Crippen molar-refractivity contribution in [1.82, 2.24) is 0 Å². The van der Waals surface area contributed by atoms with Crippen LogP contribution in [0.1, 0.15) is 0 Å². The van der Waals surface area contributed by atoms with E-state index in [1.807, 2.05) is 0 Å². The van der Waals surface area contributed by atoms with Crippen LogP contribution in [0.4, 0.5) is 0 Å². The maximum absolute atomic E-state index is 0. The van der Waals surface area contributed by atoms with Crippen molar-refractivity contribution in [3.05, 3.63) is 0 Å². The summed E-state index contributed by atoms with van der Waals surface area (Å²) in [5.74, 6) is 0. The second-order valence-corrected chi connectivity index (χ2v) is 0. The van der Waals surface area contributed by atoms with Gasteiger partial charge in [0.05, 0.1) is 0 Å². The van der Waals surface area contributed by atoms with Crippen molar-refractivity contribution < 1.29 is 32.7 Å². The third-order valence-electron chi connectivity index (χ3n) is 0. The maximum atomic E-state index is 0. The van der Waals surface area contributed by atoms with Crippen LogP contribution in [0.3, 0.4) is 0 Å². The van der Waals surface area contributed by atoms with Crippen molar-refractivity contribution >= 4 is 49.8 Å². The summed E-state index contributed by atoms with van der Waals surface area (Å²) in [6.45, 7) is 0. The predicted octanol–water partition coefficient (Wildman–Crippen LogP) is -1.00. The van der Waals surface area contributed by atoms with E-state index in [0.717, 1.165) is 0 Å². The largest absolute Gasteiger partial charge is 4.00 e. The second kappa shape index (κ2) is 33.4. The summed E-state index contributed by atoms with van der Waals surface area (Å²) in [5.41, 5.74) is 0. The van der Waals surface area contributed by atoms with Crippen LogP contribution in [-0.2, 0) is 32.7 Å². The quantitative estimate of drug-likeness (QED) is 0.515. The molecule has 5 heteroatoms. The summed E-state index contributed by atoms with van der Waals surface area (Å²) in [5, 5.41) is 0. The monoisotopic (exact) mass is 315 g/mol. The first kappa shape index (κ1) is 54.7. The average Bonchev–Trinajstić information content (AvgIpc) is 0. The van der Waals surface area contributed by atoms with Crippen molar-refractivity contribution in [2.75, 3.05) is 0 Å². The first-order valence-corrected chi connectivity index (χ1v) is 0. The Morgan fingerprint density at radius 2 is 0.800 bits per heavy atom. The van der Waals surface area contributed by atoms with E-state index in [1.54, 1.807) is 0 Å². The van der Waals surface area contributed by atoms with Crippen LogP contribution in [0.25, 0.3) is 0 Å². The van der Waals surface area contributed by atoms with Gasteiger partial charge in [-0.1, -0.05) is 0 Å². The Labute approximate surface area is 81.3 Å². The van der Waals surface area contributed by atoms with E-state index in [2.05, 4.69) is 0 Å². The molecule has 0 bridgehead atoms. The minimum absolute atomic E-state index is 0. The minimum atomic E-state index is 0. The smallest absolute Gasteiger partial charge is 2.00 e. The zero-order valence-corrected chi connectivity index (χ0v) is 10.1. The summed E-state index contributed by atoms with van der Waals surface area (Å²) in [6, 6.07) is 0. The van der Waals surface area contributed by atoms with Gasteiger partial charge < -0.3 is 11.0 Å². The van der Waals surface area contributed by atoms with E-state index in [-0.39, 0.29) is 82.4 Å². The van der Waals surface area contributed by atoms with Crippen molar-refractivity contribution in [3.63, 3.8) is 0 Å². The fourth-order valence-electron chi connectivity index (χ4n) is 0. The molecule has 2 nitrogen and oxygen atoms in total. The summed E-state index contributed by atoms with van der Waals surface area (Å²) < 4.78 is 0. The first-order valence-electron chi connectivity index (χ1n) is 0. The van der Waals surface area contributed by atoms with E-state index >= 15 is 0 Å². The molecule has 0 N–H and O–H groups in total. The Kier molecular flexibility index (Phi) is 366. The van der Waals surface area contributed by atoms with Crippen LogP contribution in [0, 0.1) is 0 Å². The van der Waals surface area contributed by atoms with Gasteiger partial charge in [-0.3, -0.25) is 0 Å². The van der Waals surface area contributed by atoms with Crippen molar-refractivity contribution in [2.45, 2.75) is 0 Å². The maximum Gasteiger partial charge on any atom is 4.00 e. The van der Waals surface area contributed by atoms with Gasteiger partial charge in [0.25, 0.3) is 0 Å². The Morgan fingerprint density at radius 3 is 0.800 bits per heavy atom. The standard InChI is InChI=1S/In.2O.Sn.Ti/q+3;2*-2;2*+4. The molecule has 5 heavy (non-hydrogen) atoms. The van der Waals surface area contributed by atoms with Crippen LogP contribution in [0.2, 0.25) is 0 Å². The zero-order chi connectivity index (χ0) is 0. The second-order valence-electron chi connectivity index (χ2n) is 0. The van der Waals surface area contributed by atoms with Crippen molar-refractivity contribution in [1.29, 1.82) is 0 Å². The van der Waals surface area contributed by atoms with Gasteiger partial charge >= 0.3 is 71.5 Å². The molecule has 0 aromatic carbocycles. The molecular weight excluding hydrogens is 313 g/mol. The van der Waals surface area contributed by atoms with Gasteiger partial charge in [-0.15, -0.1) is 0 Å². The molecule has 0 heterocycles. The molecular formula is InO2SnTi+7. The molecule has 0 saturated heterocycles. The Morgan fingerprint density at radius 1 is 0.800 bits per heavy atom. The Balaban J connectivity index is 0. The molecule has 0 unspecified atom stereocenters. The molecule has 0 aliphatic carbocycles. The topological polar surface area (TPSA) is 57.0 Å². The molecule has 0 aromatic rings. The Hall–Kier alpha value is 2.30. The third-order valence-corrected chi connectivity index (χ3v) is 0. The van der Waals surface area contributed by atoms with Gasteiger partial charge in [0.1, 0.15) is 0 Å². The van der Waals surface area contributed by atoms with E-state index in [9.17, 15) is 0 Å². The molecule has 0 atom stereocenters. The van der Waals surface area contributed by atoms with Gasteiger partial charge in [0.15, 0.2) is 0 Å². The Bertz CT molecular complexity index is 9.61. The van der Waals surface area contributed by atoms with Gasteiger partial charge in [0.2, 0.25) is 0 Å². The fraction of sp³-hybridized carbons (Fsp3) is 0. The molecule has 0 radical (unpaired) electrons. The fourth-order valence-corrected chi connectivity index (χ4v) is 0. The molecule has 0 rings (SSSR count). The van der Waals surface area contributed by atoms with Crippen LogP contribution in [0.15, 0.2) is 0 Å². The van der Waals surface area contributed by atoms with Crippen LogP contribution < -0.4 is 0 Å². The van der Waals surface area contributed by atoms with E-state index in [4.69, 9.17) is 0 Å². The van der Waals surface area contributed by atoms with Gasteiger partial charge in [0, 0.05) is 0 Å². The molecule has 0 aromatic heterocycles. The van der Waals surface area contributed by atoms with Gasteiger partial charge in [-0.25, -0.2) is 0 Å². The molecule has 0 saturated carbocycles. The van der Waals surface area contributed by atoms with Gasteiger partial charge in [-0.05, 0) is 0 Å². The SMILES string of the molecule is [In+3].[O-2].[O-2].[Sn+4].[Ti+4]. The molecule has 0 spiro atoms. The van der Waals surface area contributed by atoms with E-state index in [0.29, 0.717) is 0 Å². The van der Waals surface area contributed by atoms with Crippen LogP contribution >= 0.6 is 0 Å². The minimum Gasteiger partial charge on any atom is -2.00 e. The molecule has 0 amide bonds. The predicted molar refractivity (Wildman–Crippen MR) is 12.9 cm³/mol. The van der Waals surface area contributed by atoms with Crippen molar-refractivity contribution in [2.24, 2.45) is 0 Å². The van der Waals surface area contributed by atoms with E-state index < -0.39 is 0 Å². The number of hydrogen-bond acceptors (Lipinski definition) is 0. The molecule has 0 aliphatic heterocycles. The number of hydrogen-bond donors (Lipinski definition) is 0. The normalized spacial score (nSPS) is 0. The van der Waals surface area contributed by atoms with Crippen LogP contribution in [-0.4, -0.2) is 49.8 Å². The molecule has 0 fully saturated rings.